The monoisotopic (exact) mass is 421 g/mol. The summed E-state index contributed by atoms with van der Waals surface area (Å²) < 4.78 is 0.929. The number of hydrogen-bond donors (Lipinski definition) is 1. The van der Waals surface area contributed by atoms with Crippen molar-refractivity contribution in [1.29, 1.82) is 0 Å². The van der Waals surface area contributed by atoms with E-state index in [0.717, 1.165) is 15.0 Å². The van der Waals surface area contributed by atoms with E-state index < -0.39 is 0 Å². The largest absolute Gasteiger partial charge is 0.335 e. The van der Waals surface area contributed by atoms with E-state index in [1.807, 2.05) is 53.6 Å². The van der Waals surface area contributed by atoms with Gasteiger partial charge in [0.15, 0.2) is 0 Å². The van der Waals surface area contributed by atoms with Crippen LogP contribution in [0.4, 0.5) is 5.69 Å². The molecule has 1 atom stereocenters. The lowest BCUT2D eigenvalue weighted by atomic mass is 10.2. The molecule has 2 aromatic rings. The Balaban J connectivity index is 1.53. The smallest absolute Gasteiger partial charge is 0.264 e. The van der Waals surface area contributed by atoms with Gasteiger partial charge in [0.2, 0.25) is 5.91 Å². The van der Waals surface area contributed by atoms with Crippen LogP contribution in [-0.2, 0) is 4.79 Å². The molecule has 7 heteroatoms. The molecular formula is C18H20BrN3O2S. The van der Waals surface area contributed by atoms with Crippen molar-refractivity contribution in [2.75, 3.05) is 31.5 Å². The summed E-state index contributed by atoms with van der Waals surface area (Å²) >= 11 is 4.87. The van der Waals surface area contributed by atoms with Crippen LogP contribution in [0.3, 0.4) is 0 Å². The molecule has 0 bridgehead atoms. The van der Waals surface area contributed by atoms with Crippen molar-refractivity contribution >= 4 is 44.8 Å². The molecule has 1 unspecified atom stereocenters. The first kappa shape index (κ1) is 18.1. The zero-order valence-electron chi connectivity index (χ0n) is 13.9. The number of piperazine rings is 1. The molecule has 0 radical (unpaired) electrons. The zero-order valence-corrected chi connectivity index (χ0v) is 16.3. The SMILES string of the molecule is CC(C(=O)Nc1cccc(Br)c1)N1CCN(C(=O)c2cccs2)CC1. The summed E-state index contributed by atoms with van der Waals surface area (Å²) in [6, 6.07) is 11.1. The molecule has 0 saturated carbocycles. The van der Waals surface area contributed by atoms with Crippen LogP contribution in [0.1, 0.15) is 16.6 Å². The molecule has 1 aromatic heterocycles. The van der Waals surface area contributed by atoms with Crippen LogP contribution in [0.5, 0.6) is 0 Å². The van der Waals surface area contributed by atoms with Crippen molar-refractivity contribution in [2.45, 2.75) is 13.0 Å². The molecule has 3 rings (SSSR count). The fourth-order valence-corrected chi connectivity index (χ4v) is 3.94. The summed E-state index contributed by atoms with van der Waals surface area (Å²) in [6.45, 7) is 4.59. The number of hydrogen-bond acceptors (Lipinski definition) is 4. The molecule has 1 saturated heterocycles. The molecule has 2 heterocycles. The number of rotatable bonds is 4. The van der Waals surface area contributed by atoms with E-state index in [0.29, 0.717) is 26.2 Å². The van der Waals surface area contributed by atoms with Gasteiger partial charge in [-0.3, -0.25) is 14.5 Å². The Kier molecular flexibility index (Phi) is 5.88. The summed E-state index contributed by atoms with van der Waals surface area (Å²) in [6.07, 6.45) is 0. The van der Waals surface area contributed by atoms with E-state index >= 15 is 0 Å². The Bertz CT molecular complexity index is 743. The van der Waals surface area contributed by atoms with Gasteiger partial charge < -0.3 is 10.2 Å². The van der Waals surface area contributed by atoms with Gasteiger partial charge in [0.1, 0.15) is 0 Å². The molecule has 5 nitrogen and oxygen atoms in total. The molecule has 25 heavy (non-hydrogen) atoms. The van der Waals surface area contributed by atoms with Crippen LogP contribution in [0.15, 0.2) is 46.3 Å². The van der Waals surface area contributed by atoms with Gasteiger partial charge in [-0.15, -0.1) is 11.3 Å². The maximum atomic E-state index is 12.5. The molecule has 1 N–H and O–H groups in total. The standard InChI is InChI=1S/C18H20BrN3O2S/c1-13(17(23)20-15-5-2-4-14(19)12-15)21-7-9-22(10-8-21)18(24)16-6-3-11-25-16/h2-6,11-13H,7-10H2,1H3,(H,20,23). The number of halogens is 1. The van der Waals surface area contributed by atoms with E-state index in [2.05, 4.69) is 26.1 Å². The van der Waals surface area contributed by atoms with Crippen LogP contribution in [-0.4, -0.2) is 53.8 Å². The second kappa shape index (κ2) is 8.12. The van der Waals surface area contributed by atoms with Gasteiger partial charge in [-0.25, -0.2) is 0 Å². The highest BCUT2D eigenvalue weighted by molar-refractivity contribution is 9.10. The quantitative estimate of drug-likeness (QED) is 0.823. The van der Waals surface area contributed by atoms with Gasteiger partial charge in [0.05, 0.1) is 10.9 Å². The van der Waals surface area contributed by atoms with Crippen molar-refractivity contribution in [2.24, 2.45) is 0 Å². The number of amides is 2. The summed E-state index contributed by atoms with van der Waals surface area (Å²) in [7, 11) is 0. The maximum Gasteiger partial charge on any atom is 0.264 e. The minimum absolute atomic E-state index is 0.0314. The lowest BCUT2D eigenvalue weighted by molar-refractivity contribution is -0.121. The van der Waals surface area contributed by atoms with Crippen LogP contribution < -0.4 is 5.32 Å². The summed E-state index contributed by atoms with van der Waals surface area (Å²) in [4.78, 5) is 29.6. The van der Waals surface area contributed by atoms with Crippen molar-refractivity contribution in [3.63, 3.8) is 0 Å². The van der Waals surface area contributed by atoms with Gasteiger partial charge >= 0.3 is 0 Å². The second-order valence-electron chi connectivity index (χ2n) is 5.98. The van der Waals surface area contributed by atoms with Crippen molar-refractivity contribution in [3.8, 4) is 0 Å². The Morgan fingerprint density at radius 2 is 1.92 bits per heavy atom. The second-order valence-corrected chi connectivity index (χ2v) is 7.84. The number of carbonyl (C=O) groups is 2. The number of carbonyl (C=O) groups excluding carboxylic acids is 2. The third-order valence-electron chi connectivity index (χ3n) is 4.35. The van der Waals surface area contributed by atoms with Gasteiger partial charge in [-0.05, 0) is 36.6 Å². The van der Waals surface area contributed by atoms with Crippen LogP contribution in [0.25, 0.3) is 0 Å². The van der Waals surface area contributed by atoms with Gasteiger partial charge in [0, 0.05) is 36.3 Å². The summed E-state index contributed by atoms with van der Waals surface area (Å²) in [5.74, 6) is 0.0528. The molecule has 0 spiro atoms. The first-order valence-electron chi connectivity index (χ1n) is 8.18. The van der Waals surface area contributed by atoms with Gasteiger partial charge in [0.25, 0.3) is 5.91 Å². The number of benzene rings is 1. The molecule has 1 aliphatic rings. The summed E-state index contributed by atoms with van der Waals surface area (Å²) in [5, 5.41) is 4.86. The number of thiophene rings is 1. The van der Waals surface area contributed by atoms with E-state index in [-0.39, 0.29) is 17.9 Å². The Labute approximate surface area is 159 Å². The predicted octanol–water partition coefficient (Wildman–Crippen LogP) is 3.30. The summed E-state index contributed by atoms with van der Waals surface area (Å²) in [5.41, 5.74) is 0.776. The Hall–Kier alpha value is -1.70. The average molecular weight is 422 g/mol. The van der Waals surface area contributed by atoms with Crippen molar-refractivity contribution in [1.82, 2.24) is 9.80 Å². The molecule has 2 amide bonds. The normalized spacial score (nSPS) is 16.5. The predicted molar refractivity (Wildman–Crippen MR) is 104 cm³/mol. The average Bonchev–Trinajstić information content (AvgIpc) is 3.15. The maximum absolute atomic E-state index is 12.5. The molecule has 0 aliphatic carbocycles. The first-order chi connectivity index (χ1) is 12.0. The highest BCUT2D eigenvalue weighted by Gasteiger charge is 2.28. The highest BCUT2D eigenvalue weighted by atomic mass is 79.9. The lowest BCUT2D eigenvalue weighted by Gasteiger charge is -2.37. The molecule has 1 aromatic carbocycles. The minimum atomic E-state index is -0.238. The third-order valence-corrected chi connectivity index (χ3v) is 5.70. The number of nitrogens with one attached hydrogen (secondary N) is 1. The topological polar surface area (TPSA) is 52.7 Å². The van der Waals surface area contributed by atoms with Crippen molar-refractivity contribution in [3.05, 3.63) is 51.1 Å². The van der Waals surface area contributed by atoms with Crippen LogP contribution in [0, 0.1) is 0 Å². The molecular weight excluding hydrogens is 402 g/mol. The van der Waals surface area contributed by atoms with Gasteiger partial charge in [-0.2, -0.15) is 0 Å². The van der Waals surface area contributed by atoms with E-state index in [1.54, 1.807) is 0 Å². The van der Waals surface area contributed by atoms with E-state index in [4.69, 9.17) is 0 Å². The first-order valence-corrected chi connectivity index (χ1v) is 9.85. The van der Waals surface area contributed by atoms with Gasteiger partial charge in [-0.1, -0.05) is 28.1 Å². The lowest BCUT2D eigenvalue weighted by Crippen LogP contribution is -2.53. The number of nitrogens with zero attached hydrogens (tertiary/aromatic N) is 2. The molecule has 132 valence electrons. The molecule has 1 fully saturated rings. The fraction of sp³-hybridized carbons (Fsp3) is 0.333. The molecule has 1 aliphatic heterocycles. The minimum Gasteiger partial charge on any atom is -0.335 e. The third kappa shape index (κ3) is 4.48. The Morgan fingerprint density at radius 3 is 2.56 bits per heavy atom. The van der Waals surface area contributed by atoms with E-state index in [1.165, 1.54) is 11.3 Å². The van der Waals surface area contributed by atoms with Crippen LogP contribution in [0.2, 0.25) is 0 Å². The fourth-order valence-electron chi connectivity index (χ4n) is 2.85. The van der Waals surface area contributed by atoms with Crippen LogP contribution >= 0.6 is 27.3 Å². The Morgan fingerprint density at radius 1 is 1.16 bits per heavy atom. The highest BCUT2D eigenvalue weighted by Crippen LogP contribution is 2.18. The van der Waals surface area contributed by atoms with E-state index in [9.17, 15) is 9.59 Å². The zero-order chi connectivity index (χ0) is 17.8. The van der Waals surface area contributed by atoms with Crippen molar-refractivity contribution < 1.29 is 9.59 Å². The number of anilines is 1.